The number of rotatable bonds is 15. The fourth-order valence-electron chi connectivity index (χ4n) is 4.23. The number of carbonyl (C=O) groups is 4. The summed E-state index contributed by atoms with van der Waals surface area (Å²) in [5, 5.41) is 20.7. The van der Waals surface area contributed by atoms with Crippen LogP contribution < -0.4 is 21.3 Å². The van der Waals surface area contributed by atoms with Crippen LogP contribution in [0.4, 0.5) is 18.4 Å². The van der Waals surface area contributed by atoms with Crippen LogP contribution >= 0.6 is 0 Å². The first-order valence-electron chi connectivity index (χ1n) is 16.8. The molecule has 3 atom stereocenters. The van der Waals surface area contributed by atoms with Crippen molar-refractivity contribution in [3.05, 3.63) is 35.4 Å². The van der Waals surface area contributed by atoms with Crippen molar-refractivity contribution in [3.63, 3.8) is 0 Å². The molecule has 286 valence electrons. The first-order valence-corrected chi connectivity index (χ1v) is 19.7. The van der Waals surface area contributed by atoms with Gasteiger partial charge in [0.15, 0.2) is 8.32 Å². The molecule has 1 aromatic rings. The zero-order chi connectivity index (χ0) is 38.9. The highest BCUT2D eigenvalue weighted by molar-refractivity contribution is 6.74. The molecule has 15 heteroatoms. The molecule has 1 unspecified atom stereocenters. The number of alkyl carbamates (subject to hydrolysis) is 2. The summed E-state index contributed by atoms with van der Waals surface area (Å²) < 4.78 is 45.4. The zero-order valence-corrected chi connectivity index (χ0v) is 33.1. The molecule has 1 aromatic carbocycles. The van der Waals surface area contributed by atoms with E-state index in [1.165, 1.54) is 0 Å². The Balaban J connectivity index is 3.05. The molecular formula is C35H60F2N4O8Si. The summed E-state index contributed by atoms with van der Waals surface area (Å²) >= 11 is 0. The predicted molar refractivity (Wildman–Crippen MR) is 190 cm³/mol. The van der Waals surface area contributed by atoms with E-state index in [-0.39, 0.29) is 36.5 Å². The minimum absolute atomic E-state index is 0.0151. The number of aliphatic hydroxyl groups excluding tert-OH is 1. The Labute approximate surface area is 297 Å². The highest BCUT2D eigenvalue weighted by atomic mass is 28.4. The van der Waals surface area contributed by atoms with Crippen molar-refractivity contribution >= 4 is 32.3 Å². The summed E-state index contributed by atoms with van der Waals surface area (Å²) in [5.41, 5.74) is -2.35. The van der Waals surface area contributed by atoms with Gasteiger partial charge in [0.1, 0.15) is 28.9 Å². The lowest BCUT2D eigenvalue weighted by Gasteiger charge is -2.41. The van der Waals surface area contributed by atoms with Gasteiger partial charge in [-0.3, -0.25) is 9.59 Å². The first-order chi connectivity index (χ1) is 22.5. The molecule has 0 aliphatic heterocycles. The third-order valence-electron chi connectivity index (χ3n) is 7.88. The molecule has 0 fully saturated rings. The van der Waals surface area contributed by atoms with Crippen LogP contribution in [0.5, 0.6) is 0 Å². The lowest BCUT2D eigenvalue weighted by molar-refractivity contribution is -0.130. The Morgan fingerprint density at radius 2 is 1.34 bits per heavy atom. The lowest BCUT2D eigenvalue weighted by atomic mass is 9.93. The van der Waals surface area contributed by atoms with Gasteiger partial charge in [0.25, 0.3) is 0 Å². The molecule has 5 N–H and O–H groups in total. The monoisotopic (exact) mass is 730 g/mol. The molecule has 0 saturated carbocycles. The molecule has 0 spiro atoms. The third-order valence-corrected chi connectivity index (χ3v) is 12.3. The highest BCUT2D eigenvalue weighted by Crippen LogP contribution is 2.37. The molecule has 0 saturated heterocycles. The SMILES string of the molecule is CC(C)(CNC(=O)CC(Cc1cc(F)ccc1F)NC(=O)OC(C)(C)C)CNC(=O)[C@@H](O[Si](C)(C)C(C)(C)C)[C@@H](CO)NC(=O)OC(C)(C)C. The summed E-state index contributed by atoms with van der Waals surface area (Å²) in [6.07, 6.45) is -3.31. The normalized spacial score (nSPS) is 14.6. The summed E-state index contributed by atoms with van der Waals surface area (Å²) in [7, 11) is -2.59. The molecule has 0 aliphatic rings. The Hall–Kier alpha value is -3.30. The second-order valence-corrected chi connectivity index (χ2v) is 21.6. The zero-order valence-electron chi connectivity index (χ0n) is 32.1. The van der Waals surface area contributed by atoms with Gasteiger partial charge < -0.3 is 40.3 Å². The van der Waals surface area contributed by atoms with Crippen LogP contribution in [0.15, 0.2) is 18.2 Å². The van der Waals surface area contributed by atoms with Gasteiger partial charge in [0.05, 0.1) is 12.6 Å². The van der Waals surface area contributed by atoms with E-state index in [0.717, 1.165) is 18.2 Å². The quantitative estimate of drug-likeness (QED) is 0.151. The van der Waals surface area contributed by atoms with E-state index < -0.39 is 85.4 Å². The molecule has 0 bridgehead atoms. The number of amides is 4. The number of halogens is 2. The fourth-order valence-corrected chi connectivity index (χ4v) is 5.49. The minimum Gasteiger partial charge on any atom is -0.444 e. The third kappa shape index (κ3) is 16.6. The number of hydrogen-bond donors (Lipinski definition) is 5. The van der Waals surface area contributed by atoms with E-state index in [0.29, 0.717) is 0 Å². The average molecular weight is 731 g/mol. The number of benzene rings is 1. The highest BCUT2D eigenvalue weighted by Gasteiger charge is 2.44. The van der Waals surface area contributed by atoms with E-state index >= 15 is 0 Å². The van der Waals surface area contributed by atoms with Crippen LogP contribution in [0.3, 0.4) is 0 Å². The molecular weight excluding hydrogens is 670 g/mol. The lowest BCUT2D eigenvalue weighted by Crippen LogP contribution is -2.59. The summed E-state index contributed by atoms with van der Waals surface area (Å²) in [5.74, 6) is -2.39. The summed E-state index contributed by atoms with van der Waals surface area (Å²) in [4.78, 5) is 51.8. The molecule has 4 amide bonds. The maximum atomic E-state index is 14.4. The van der Waals surface area contributed by atoms with Crippen LogP contribution in [-0.4, -0.2) is 86.5 Å². The molecule has 12 nitrogen and oxygen atoms in total. The van der Waals surface area contributed by atoms with Gasteiger partial charge in [-0.1, -0.05) is 34.6 Å². The van der Waals surface area contributed by atoms with Crippen LogP contribution in [0, 0.1) is 17.0 Å². The van der Waals surface area contributed by atoms with Gasteiger partial charge in [-0.05, 0) is 95.3 Å². The van der Waals surface area contributed by atoms with Gasteiger partial charge in [-0.15, -0.1) is 0 Å². The standard InChI is InChI=1S/C35H60F2N4O8Si/c1-32(2,3)47-30(45)40-24(17-22-16-23(36)14-15-25(22)37)18-27(43)38-20-35(10,11)21-39-29(44)28(49-50(12,13)34(7,8)9)26(19-42)41-31(46)48-33(4,5)6/h14-16,24,26,28,42H,17-21H2,1-13H3,(H,38,43)(H,39,44)(H,40,45)(H,41,46)/t24?,26-,28+/m1/s1. The number of aliphatic hydroxyl groups is 1. The van der Waals surface area contributed by atoms with E-state index in [1.807, 2.05) is 33.9 Å². The van der Waals surface area contributed by atoms with Gasteiger partial charge >= 0.3 is 12.2 Å². The van der Waals surface area contributed by atoms with Crippen LogP contribution in [0.25, 0.3) is 0 Å². The van der Waals surface area contributed by atoms with Crippen molar-refractivity contribution < 1.29 is 47.0 Å². The second-order valence-electron chi connectivity index (χ2n) is 16.9. The van der Waals surface area contributed by atoms with E-state index in [9.17, 15) is 33.1 Å². The van der Waals surface area contributed by atoms with Crippen molar-refractivity contribution in [3.8, 4) is 0 Å². The van der Waals surface area contributed by atoms with Crippen molar-refractivity contribution in [2.45, 2.75) is 137 Å². The molecule has 0 aliphatic carbocycles. The Morgan fingerprint density at radius 1 is 0.820 bits per heavy atom. The Morgan fingerprint density at radius 3 is 1.84 bits per heavy atom. The maximum Gasteiger partial charge on any atom is 0.408 e. The fraction of sp³-hybridized carbons (Fsp3) is 0.714. The molecule has 1 rings (SSSR count). The number of carbonyl (C=O) groups excluding carboxylic acids is 4. The van der Waals surface area contributed by atoms with Crippen molar-refractivity contribution in [1.82, 2.24) is 21.3 Å². The van der Waals surface area contributed by atoms with Gasteiger partial charge in [0.2, 0.25) is 11.8 Å². The largest absolute Gasteiger partial charge is 0.444 e. The molecule has 0 aromatic heterocycles. The average Bonchev–Trinajstić information content (AvgIpc) is 2.92. The molecule has 0 radical (unpaired) electrons. The predicted octanol–water partition coefficient (Wildman–Crippen LogP) is 5.33. The molecule has 0 heterocycles. The number of nitrogens with one attached hydrogen (secondary N) is 4. The smallest absolute Gasteiger partial charge is 0.408 e. The van der Waals surface area contributed by atoms with E-state index in [2.05, 4.69) is 21.3 Å². The second kappa shape index (κ2) is 17.8. The Bertz CT molecular complexity index is 1320. The van der Waals surface area contributed by atoms with Crippen LogP contribution in [-0.2, 0) is 29.9 Å². The summed E-state index contributed by atoms with van der Waals surface area (Å²) in [6, 6.07) is 0.926. The topological polar surface area (TPSA) is 164 Å². The van der Waals surface area contributed by atoms with E-state index in [4.69, 9.17) is 13.9 Å². The van der Waals surface area contributed by atoms with Gasteiger partial charge in [-0.2, -0.15) is 0 Å². The van der Waals surface area contributed by atoms with Crippen LogP contribution in [0.2, 0.25) is 18.1 Å². The van der Waals surface area contributed by atoms with Crippen molar-refractivity contribution in [1.29, 1.82) is 0 Å². The number of ether oxygens (including phenoxy) is 2. The van der Waals surface area contributed by atoms with E-state index in [1.54, 1.807) is 55.4 Å². The van der Waals surface area contributed by atoms with Gasteiger partial charge in [0, 0.05) is 25.6 Å². The maximum absolute atomic E-state index is 14.4. The Kier molecular flexibility index (Phi) is 15.9. The van der Waals surface area contributed by atoms with Crippen LogP contribution in [0.1, 0.15) is 88.1 Å². The van der Waals surface area contributed by atoms with Crippen molar-refractivity contribution in [2.24, 2.45) is 5.41 Å². The first kappa shape index (κ1) is 44.7. The van der Waals surface area contributed by atoms with Gasteiger partial charge in [-0.25, -0.2) is 18.4 Å². The number of hydrogen-bond acceptors (Lipinski definition) is 8. The minimum atomic E-state index is -2.59. The van der Waals surface area contributed by atoms with Crippen molar-refractivity contribution in [2.75, 3.05) is 19.7 Å². The summed E-state index contributed by atoms with van der Waals surface area (Å²) in [6.45, 7) is 23.2. The molecule has 50 heavy (non-hydrogen) atoms.